The molecule has 0 fully saturated rings. The fraction of sp³-hybridized carbons (Fsp3) is 0.115. The molecule has 54 heavy (non-hydrogen) atoms. The Hall–Kier alpha value is -6.38. The lowest BCUT2D eigenvalue weighted by Gasteiger charge is -2.44. The minimum absolute atomic E-state index is 0.0756. The molecule has 2 nitrogen and oxygen atoms in total. The Morgan fingerprint density at radius 2 is 1.13 bits per heavy atom. The van der Waals surface area contributed by atoms with Crippen molar-refractivity contribution in [2.75, 3.05) is 4.90 Å². The smallest absolute Gasteiger partial charge is 0.0646 e. The van der Waals surface area contributed by atoms with Crippen molar-refractivity contribution in [3.05, 3.63) is 205 Å². The molecule has 0 aliphatic heterocycles. The number of aromatic nitrogens is 1. The van der Waals surface area contributed by atoms with E-state index in [0.717, 1.165) is 6.42 Å². The van der Waals surface area contributed by atoms with E-state index in [1.165, 1.54) is 83.4 Å². The molecular formula is C52H42N2. The molecule has 2 aliphatic carbocycles. The lowest BCUT2D eigenvalue weighted by molar-refractivity contribution is 0.550. The molecular weight excluding hydrogens is 653 g/mol. The third kappa shape index (κ3) is 5.09. The summed E-state index contributed by atoms with van der Waals surface area (Å²) in [6.45, 7) is 7.17. The van der Waals surface area contributed by atoms with Crippen LogP contribution in [0.25, 0.3) is 55.3 Å². The number of hydrogen-bond acceptors (Lipinski definition) is 1. The second-order valence-electron chi connectivity index (χ2n) is 15.6. The SMILES string of the molecule is CC1(C)C2=CC(C)(N(c3ccc(-c4ccc5c(c4)c4ccccc4n5-c4ccccc4)cc3)c3cccc(-c4ccccc4)c3)CC=C2c2ccccc21. The van der Waals surface area contributed by atoms with Gasteiger partial charge in [-0.15, -0.1) is 0 Å². The topological polar surface area (TPSA) is 8.17 Å². The van der Waals surface area contributed by atoms with Crippen molar-refractivity contribution in [1.82, 2.24) is 4.57 Å². The summed E-state index contributed by atoms with van der Waals surface area (Å²) in [6, 6.07) is 64.3. The number of fused-ring (bicyclic) bond motifs is 6. The summed E-state index contributed by atoms with van der Waals surface area (Å²) in [5, 5.41) is 2.53. The zero-order valence-corrected chi connectivity index (χ0v) is 31.0. The van der Waals surface area contributed by atoms with Crippen LogP contribution in [0.2, 0.25) is 0 Å². The molecule has 1 heterocycles. The van der Waals surface area contributed by atoms with Crippen molar-refractivity contribution in [3.63, 3.8) is 0 Å². The number of hydrogen-bond donors (Lipinski definition) is 0. The van der Waals surface area contributed by atoms with Crippen molar-refractivity contribution in [2.24, 2.45) is 0 Å². The normalized spacial score (nSPS) is 17.2. The largest absolute Gasteiger partial charge is 0.332 e. The van der Waals surface area contributed by atoms with Gasteiger partial charge in [0.1, 0.15) is 0 Å². The molecule has 260 valence electrons. The molecule has 0 spiro atoms. The van der Waals surface area contributed by atoms with Crippen LogP contribution in [-0.4, -0.2) is 10.1 Å². The van der Waals surface area contributed by atoms with Gasteiger partial charge >= 0.3 is 0 Å². The zero-order chi connectivity index (χ0) is 36.4. The summed E-state index contributed by atoms with van der Waals surface area (Å²) >= 11 is 0. The van der Waals surface area contributed by atoms with E-state index < -0.39 is 0 Å². The summed E-state index contributed by atoms with van der Waals surface area (Å²) in [6.07, 6.45) is 5.96. The van der Waals surface area contributed by atoms with E-state index in [-0.39, 0.29) is 11.0 Å². The highest BCUT2D eigenvalue weighted by Gasteiger charge is 2.43. The lowest BCUT2D eigenvalue weighted by atomic mass is 9.76. The fourth-order valence-corrected chi connectivity index (χ4v) is 9.21. The fourth-order valence-electron chi connectivity index (χ4n) is 9.21. The van der Waals surface area contributed by atoms with E-state index >= 15 is 0 Å². The van der Waals surface area contributed by atoms with E-state index in [0.29, 0.717) is 0 Å². The first-order chi connectivity index (χ1) is 26.4. The van der Waals surface area contributed by atoms with Gasteiger partial charge in [0.05, 0.1) is 16.6 Å². The van der Waals surface area contributed by atoms with Gasteiger partial charge in [0.15, 0.2) is 0 Å². The van der Waals surface area contributed by atoms with E-state index in [9.17, 15) is 0 Å². The van der Waals surface area contributed by atoms with Gasteiger partial charge in [-0.3, -0.25) is 0 Å². The molecule has 7 aromatic carbocycles. The van der Waals surface area contributed by atoms with E-state index in [2.05, 4.69) is 218 Å². The van der Waals surface area contributed by atoms with Crippen molar-refractivity contribution in [2.45, 2.75) is 38.1 Å². The third-order valence-electron chi connectivity index (χ3n) is 11.9. The van der Waals surface area contributed by atoms with Gasteiger partial charge < -0.3 is 9.47 Å². The van der Waals surface area contributed by atoms with E-state index in [4.69, 9.17) is 0 Å². The van der Waals surface area contributed by atoms with Crippen LogP contribution in [0, 0.1) is 0 Å². The maximum Gasteiger partial charge on any atom is 0.0646 e. The molecule has 1 atom stereocenters. The monoisotopic (exact) mass is 694 g/mol. The standard InChI is InChI=1S/C52H42N2/c1-51(2)47-23-12-10-21-43(47)44-31-32-52(3,35-48(44)51)54(42-20-14-17-38(33-42)36-15-6-4-7-16-36)41-28-25-37(26-29-41)39-27-30-50-46(34-39)45-22-11-13-24-49(45)53(50)40-18-8-5-9-19-40/h4-31,33-35H,32H2,1-3H3. The van der Waals surface area contributed by atoms with Crippen molar-refractivity contribution < 1.29 is 0 Å². The Bertz CT molecular complexity index is 2760. The minimum atomic E-state index is -0.298. The highest BCUT2D eigenvalue weighted by atomic mass is 15.2. The van der Waals surface area contributed by atoms with Gasteiger partial charge in [-0.1, -0.05) is 147 Å². The lowest BCUT2D eigenvalue weighted by Crippen LogP contribution is -2.43. The Kier molecular flexibility index (Phi) is 7.39. The molecule has 2 heteroatoms. The first-order valence-corrected chi connectivity index (χ1v) is 19.1. The average molecular weight is 695 g/mol. The average Bonchev–Trinajstić information content (AvgIpc) is 3.66. The number of anilines is 2. The number of benzene rings is 7. The Morgan fingerprint density at radius 3 is 1.94 bits per heavy atom. The van der Waals surface area contributed by atoms with Gasteiger partial charge in [0.25, 0.3) is 0 Å². The van der Waals surface area contributed by atoms with Crippen molar-refractivity contribution in [3.8, 4) is 27.9 Å². The summed E-state index contributed by atoms with van der Waals surface area (Å²) < 4.78 is 2.38. The zero-order valence-electron chi connectivity index (χ0n) is 31.0. The summed E-state index contributed by atoms with van der Waals surface area (Å²) in [5.74, 6) is 0. The maximum atomic E-state index is 2.57. The molecule has 1 unspecified atom stereocenters. The van der Waals surface area contributed by atoms with E-state index in [1.54, 1.807) is 0 Å². The second-order valence-corrected chi connectivity index (χ2v) is 15.6. The first-order valence-electron chi connectivity index (χ1n) is 19.1. The predicted octanol–water partition coefficient (Wildman–Crippen LogP) is 13.7. The third-order valence-corrected chi connectivity index (χ3v) is 11.9. The van der Waals surface area contributed by atoms with Crippen LogP contribution in [0.4, 0.5) is 11.4 Å². The molecule has 8 aromatic rings. The van der Waals surface area contributed by atoms with Gasteiger partial charge in [-0.2, -0.15) is 0 Å². The van der Waals surface area contributed by atoms with Gasteiger partial charge in [0.2, 0.25) is 0 Å². The van der Waals surface area contributed by atoms with Crippen LogP contribution in [-0.2, 0) is 5.41 Å². The highest BCUT2D eigenvalue weighted by Crippen LogP contribution is 2.54. The molecule has 0 N–H and O–H groups in total. The van der Waals surface area contributed by atoms with Crippen LogP contribution in [0.3, 0.4) is 0 Å². The molecule has 0 amide bonds. The molecule has 10 rings (SSSR count). The minimum Gasteiger partial charge on any atom is -0.332 e. The maximum absolute atomic E-state index is 2.57. The summed E-state index contributed by atoms with van der Waals surface area (Å²) in [7, 11) is 0. The first kappa shape index (κ1) is 32.3. The number of para-hydroxylation sites is 2. The molecule has 0 saturated heterocycles. The van der Waals surface area contributed by atoms with Crippen LogP contribution >= 0.6 is 0 Å². The molecule has 0 bridgehead atoms. The summed E-state index contributed by atoms with van der Waals surface area (Å²) in [4.78, 5) is 2.57. The van der Waals surface area contributed by atoms with Gasteiger partial charge in [-0.05, 0) is 112 Å². The molecule has 0 saturated carbocycles. The highest BCUT2D eigenvalue weighted by molar-refractivity contribution is 6.10. The van der Waals surface area contributed by atoms with Crippen LogP contribution in [0.1, 0.15) is 38.3 Å². The summed E-state index contributed by atoms with van der Waals surface area (Å²) in [5.41, 5.74) is 16.1. The molecule has 2 aliphatic rings. The van der Waals surface area contributed by atoms with Crippen LogP contribution in [0.5, 0.6) is 0 Å². The van der Waals surface area contributed by atoms with E-state index in [1.807, 2.05) is 0 Å². The van der Waals surface area contributed by atoms with Crippen LogP contribution in [0.15, 0.2) is 194 Å². The molecule has 0 radical (unpaired) electrons. The van der Waals surface area contributed by atoms with Gasteiger partial charge in [-0.25, -0.2) is 0 Å². The quantitative estimate of drug-likeness (QED) is 0.168. The van der Waals surface area contributed by atoms with Crippen molar-refractivity contribution >= 4 is 38.8 Å². The molecule has 1 aromatic heterocycles. The van der Waals surface area contributed by atoms with Crippen molar-refractivity contribution in [1.29, 1.82) is 0 Å². The number of nitrogens with zero attached hydrogens (tertiary/aromatic N) is 2. The van der Waals surface area contributed by atoms with Gasteiger partial charge in [0, 0.05) is 33.2 Å². The Labute approximate surface area is 318 Å². The number of allylic oxidation sites excluding steroid dienone is 2. The van der Waals surface area contributed by atoms with Crippen LogP contribution < -0.4 is 4.90 Å². The Balaban J connectivity index is 1.08. The number of rotatable bonds is 6. The second kappa shape index (κ2) is 12.4. The predicted molar refractivity (Wildman–Crippen MR) is 229 cm³/mol. The Morgan fingerprint density at radius 1 is 0.500 bits per heavy atom.